The summed E-state index contributed by atoms with van der Waals surface area (Å²) in [4.78, 5) is 0. The molecule has 0 aliphatic carbocycles. The first-order chi connectivity index (χ1) is 7.26. The molecule has 0 fully saturated rings. The van der Waals surface area contributed by atoms with Gasteiger partial charge in [-0.2, -0.15) is 0 Å². The minimum absolute atomic E-state index is 0.556. The van der Waals surface area contributed by atoms with Gasteiger partial charge in [0.15, 0.2) is 0 Å². The molecule has 84 valence electrons. The standard InChI is InChI=1S/C13H19BrO/c1-3-4-12-5-7-13(8-6-12)15-10-11(2)9-14/h5-8,11H,3-4,9-10H2,1-2H3. The van der Waals surface area contributed by atoms with Gasteiger partial charge in [-0.1, -0.05) is 48.3 Å². The number of hydrogen-bond acceptors (Lipinski definition) is 1. The van der Waals surface area contributed by atoms with Gasteiger partial charge in [-0.05, 0) is 30.0 Å². The fourth-order valence-electron chi connectivity index (χ4n) is 1.32. The van der Waals surface area contributed by atoms with Crippen LogP contribution in [0.1, 0.15) is 25.8 Å². The summed E-state index contributed by atoms with van der Waals surface area (Å²) in [5, 5.41) is 0.987. The lowest BCUT2D eigenvalue weighted by Crippen LogP contribution is -2.09. The van der Waals surface area contributed by atoms with E-state index in [4.69, 9.17) is 4.74 Å². The Kier molecular flexibility index (Phi) is 5.77. The summed E-state index contributed by atoms with van der Waals surface area (Å²) in [7, 11) is 0. The molecule has 0 spiro atoms. The highest BCUT2D eigenvalue weighted by Gasteiger charge is 2.00. The minimum Gasteiger partial charge on any atom is -0.493 e. The van der Waals surface area contributed by atoms with Crippen molar-refractivity contribution in [3.8, 4) is 5.75 Å². The monoisotopic (exact) mass is 270 g/mol. The van der Waals surface area contributed by atoms with Crippen molar-refractivity contribution in [1.29, 1.82) is 0 Å². The highest BCUT2D eigenvalue weighted by Crippen LogP contribution is 2.14. The predicted molar refractivity (Wildman–Crippen MR) is 68.9 cm³/mol. The molecule has 0 amide bonds. The summed E-state index contributed by atoms with van der Waals surface area (Å²) in [5.74, 6) is 1.53. The number of benzene rings is 1. The third-order valence-electron chi connectivity index (χ3n) is 2.26. The van der Waals surface area contributed by atoms with Crippen molar-refractivity contribution in [2.45, 2.75) is 26.7 Å². The number of ether oxygens (including phenoxy) is 1. The van der Waals surface area contributed by atoms with Gasteiger partial charge >= 0.3 is 0 Å². The van der Waals surface area contributed by atoms with Crippen molar-refractivity contribution >= 4 is 15.9 Å². The zero-order valence-corrected chi connectivity index (χ0v) is 11.1. The predicted octanol–water partition coefficient (Wildman–Crippen LogP) is 4.05. The van der Waals surface area contributed by atoms with Gasteiger partial charge in [-0.25, -0.2) is 0 Å². The van der Waals surface area contributed by atoms with E-state index in [1.807, 2.05) is 0 Å². The second kappa shape index (κ2) is 6.89. The molecule has 0 N–H and O–H groups in total. The first-order valence-electron chi connectivity index (χ1n) is 5.54. The SMILES string of the molecule is CCCc1ccc(OCC(C)CBr)cc1. The molecule has 0 saturated carbocycles. The summed E-state index contributed by atoms with van der Waals surface area (Å²) >= 11 is 3.44. The van der Waals surface area contributed by atoms with Gasteiger partial charge in [0.05, 0.1) is 6.61 Å². The lowest BCUT2D eigenvalue weighted by molar-refractivity contribution is 0.274. The Bertz CT molecular complexity index is 268. The van der Waals surface area contributed by atoms with Crippen LogP contribution in [-0.2, 0) is 6.42 Å². The number of hydrogen-bond donors (Lipinski definition) is 0. The molecule has 1 aromatic rings. The van der Waals surface area contributed by atoms with Crippen molar-refractivity contribution in [2.75, 3.05) is 11.9 Å². The van der Waals surface area contributed by atoms with Crippen LogP contribution in [0.5, 0.6) is 5.75 Å². The lowest BCUT2D eigenvalue weighted by atomic mass is 10.1. The lowest BCUT2D eigenvalue weighted by Gasteiger charge is -2.10. The molecule has 1 nitrogen and oxygen atoms in total. The molecule has 0 radical (unpaired) electrons. The van der Waals surface area contributed by atoms with E-state index >= 15 is 0 Å². The maximum absolute atomic E-state index is 5.66. The maximum Gasteiger partial charge on any atom is 0.119 e. The molecule has 0 heterocycles. The highest BCUT2D eigenvalue weighted by molar-refractivity contribution is 9.09. The molecule has 1 rings (SSSR count). The van der Waals surface area contributed by atoms with E-state index in [9.17, 15) is 0 Å². The molecule has 0 saturated heterocycles. The molecule has 2 heteroatoms. The molecule has 15 heavy (non-hydrogen) atoms. The second-order valence-corrected chi connectivity index (χ2v) is 4.61. The Hall–Kier alpha value is -0.500. The summed E-state index contributed by atoms with van der Waals surface area (Å²) in [5.41, 5.74) is 1.39. The third kappa shape index (κ3) is 4.70. The molecular formula is C13H19BrO. The average molecular weight is 271 g/mol. The van der Waals surface area contributed by atoms with E-state index in [-0.39, 0.29) is 0 Å². The van der Waals surface area contributed by atoms with Crippen LogP contribution in [0.4, 0.5) is 0 Å². The zero-order valence-electron chi connectivity index (χ0n) is 9.50. The molecule has 1 unspecified atom stereocenters. The van der Waals surface area contributed by atoms with Crippen LogP contribution in [-0.4, -0.2) is 11.9 Å². The minimum atomic E-state index is 0.556. The zero-order chi connectivity index (χ0) is 11.1. The molecule has 0 aliphatic heterocycles. The second-order valence-electron chi connectivity index (χ2n) is 3.96. The number of halogens is 1. The summed E-state index contributed by atoms with van der Waals surface area (Å²) in [6.45, 7) is 5.14. The van der Waals surface area contributed by atoms with Crippen LogP contribution < -0.4 is 4.74 Å². The Morgan fingerprint density at radius 2 is 1.93 bits per heavy atom. The summed E-state index contributed by atoms with van der Waals surface area (Å²) < 4.78 is 5.66. The fourth-order valence-corrected chi connectivity index (χ4v) is 1.51. The Labute approximate surface area is 101 Å². The summed E-state index contributed by atoms with van der Waals surface area (Å²) in [6.07, 6.45) is 2.35. The Morgan fingerprint density at radius 3 is 2.47 bits per heavy atom. The summed E-state index contributed by atoms with van der Waals surface area (Å²) in [6, 6.07) is 8.42. The molecule has 0 aromatic heterocycles. The van der Waals surface area contributed by atoms with Crippen LogP contribution in [0.15, 0.2) is 24.3 Å². The van der Waals surface area contributed by atoms with Gasteiger partial charge < -0.3 is 4.74 Å². The molecular weight excluding hydrogens is 252 g/mol. The van der Waals surface area contributed by atoms with Crippen LogP contribution in [0.3, 0.4) is 0 Å². The van der Waals surface area contributed by atoms with E-state index in [2.05, 4.69) is 54.0 Å². The number of rotatable bonds is 6. The van der Waals surface area contributed by atoms with Crippen LogP contribution in [0.2, 0.25) is 0 Å². The topological polar surface area (TPSA) is 9.23 Å². The van der Waals surface area contributed by atoms with E-state index in [1.165, 1.54) is 12.0 Å². The van der Waals surface area contributed by atoms with Gasteiger partial charge in [0.1, 0.15) is 5.75 Å². The maximum atomic E-state index is 5.66. The third-order valence-corrected chi connectivity index (χ3v) is 3.37. The van der Waals surface area contributed by atoms with Gasteiger partial charge in [-0.3, -0.25) is 0 Å². The van der Waals surface area contributed by atoms with E-state index < -0.39 is 0 Å². The van der Waals surface area contributed by atoms with E-state index in [0.29, 0.717) is 5.92 Å². The van der Waals surface area contributed by atoms with Crippen molar-refractivity contribution in [3.05, 3.63) is 29.8 Å². The fraction of sp³-hybridized carbons (Fsp3) is 0.538. The Morgan fingerprint density at radius 1 is 1.27 bits per heavy atom. The van der Waals surface area contributed by atoms with Crippen molar-refractivity contribution in [3.63, 3.8) is 0 Å². The quantitative estimate of drug-likeness (QED) is 0.709. The smallest absolute Gasteiger partial charge is 0.119 e. The first kappa shape index (κ1) is 12.6. The van der Waals surface area contributed by atoms with Crippen molar-refractivity contribution in [2.24, 2.45) is 5.92 Å². The van der Waals surface area contributed by atoms with E-state index in [0.717, 1.165) is 24.1 Å². The van der Waals surface area contributed by atoms with Crippen LogP contribution >= 0.6 is 15.9 Å². The largest absolute Gasteiger partial charge is 0.493 e. The van der Waals surface area contributed by atoms with Crippen molar-refractivity contribution in [1.82, 2.24) is 0 Å². The van der Waals surface area contributed by atoms with Gasteiger partial charge in [0.2, 0.25) is 0 Å². The molecule has 1 atom stereocenters. The van der Waals surface area contributed by atoms with Gasteiger partial charge in [-0.15, -0.1) is 0 Å². The molecule has 0 aliphatic rings. The van der Waals surface area contributed by atoms with Gasteiger partial charge in [0.25, 0.3) is 0 Å². The van der Waals surface area contributed by atoms with E-state index in [1.54, 1.807) is 0 Å². The number of alkyl halides is 1. The van der Waals surface area contributed by atoms with Crippen LogP contribution in [0.25, 0.3) is 0 Å². The van der Waals surface area contributed by atoms with Crippen molar-refractivity contribution < 1.29 is 4.74 Å². The normalized spacial score (nSPS) is 12.5. The van der Waals surface area contributed by atoms with Gasteiger partial charge in [0, 0.05) is 5.33 Å². The first-order valence-corrected chi connectivity index (χ1v) is 6.66. The number of aryl methyl sites for hydroxylation is 1. The van der Waals surface area contributed by atoms with Crippen LogP contribution in [0, 0.1) is 5.92 Å². The average Bonchev–Trinajstić information content (AvgIpc) is 2.28. The Balaban J connectivity index is 2.42. The molecule has 1 aromatic carbocycles. The highest BCUT2D eigenvalue weighted by atomic mass is 79.9. The molecule has 0 bridgehead atoms.